The number of benzene rings is 1. The Morgan fingerprint density at radius 1 is 1.29 bits per heavy atom. The molecule has 0 saturated carbocycles. The zero-order valence-electron chi connectivity index (χ0n) is 12.3. The fourth-order valence-corrected chi connectivity index (χ4v) is 2.49. The topological polar surface area (TPSA) is 76.1 Å². The lowest BCUT2D eigenvalue weighted by Gasteiger charge is -2.24. The molecule has 0 unspecified atom stereocenters. The number of aliphatic hydroxyl groups excluding tert-OH is 1. The number of nitrogens with zero attached hydrogens (tertiary/aromatic N) is 1. The van der Waals surface area contributed by atoms with Crippen molar-refractivity contribution in [3.05, 3.63) is 35.1 Å². The maximum Gasteiger partial charge on any atom is 0.289 e. The lowest BCUT2D eigenvalue weighted by Crippen LogP contribution is -2.26. The van der Waals surface area contributed by atoms with E-state index in [0.717, 1.165) is 0 Å². The number of likely N-dealkylation sites (N-methyl/N-ethyl adjacent to an activating group) is 1. The van der Waals surface area contributed by atoms with E-state index in [1.807, 2.05) is 0 Å². The maximum atomic E-state index is 11.9. The van der Waals surface area contributed by atoms with E-state index < -0.39 is 17.7 Å². The van der Waals surface area contributed by atoms with E-state index >= 15 is 0 Å². The predicted molar refractivity (Wildman–Crippen MR) is 75.4 cm³/mol. The number of amides is 1. The molecule has 1 aliphatic rings. The second-order valence-electron chi connectivity index (χ2n) is 4.74. The SMILES string of the molecule is COc1ccc([C@@H]2C(C(C)=O)=C(O)C(=O)N2C)c(OC)c1. The van der Waals surface area contributed by atoms with Crippen LogP contribution in [0.3, 0.4) is 0 Å². The van der Waals surface area contributed by atoms with Crippen LogP contribution >= 0.6 is 0 Å². The zero-order valence-corrected chi connectivity index (χ0v) is 12.3. The Kier molecular flexibility index (Phi) is 3.88. The summed E-state index contributed by atoms with van der Waals surface area (Å²) in [6.45, 7) is 1.32. The average Bonchev–Trinajstić information content (AvgIpc) is 2.70. The summed E-state index contributed by atoms with van der Waals surface area (Å²) in [7, 11) is 4.56. The van der Waals surface area contributed by atoms with Crippen molar-refractivity contribution in [2.24, 2.45) is 0 Å². The molecule has 1 aromatic rings. The van der Waals surface area contributed by atoms with Gasteiger partial charge in [0.05, 0.1) is 25.8 Å². The van der Waals surface area contributed by atoms with Gasteiger partial charge in [0.25, 0.3) is 5.91 Å². The molecule has 0 bridgehead atoms. The van der Waals surface area contributed by atoms with Gasteiger partial charge in [-0.25, -0.2) is 0 Å². The van der Waals surface area contributed by atoms with Crippen molar-refractivity contribution in [3.63, 3.8) is 0 Å². The molecule has 1 aliphatic heterocycles. The fraction of sp³-hybridized carbons (Fsp3) is 0.333. The number of hydrogen-bond donors (Lipinski definition) is 1. The number of methoxy groups -OCH3 is 2. The van der Waals surface area contributed by atoms with Crippen molar-refractivity contribution in [2.75, 3.05) is 21.3 Å². The quantitative estimate of drug-likeness (QED) is 0.912. The second kappa shape index (κ2) is 5.47. The van der Waals surface area contributed by atoms with Crippen LogP contribution in [0.15, 0.2) is 29.5 Å². The first-order chi connectivity index (χ1) is 9.92. The summed E-state index contributed by atoms with van der Waals surface area (Å²) in [6, 6.07) is 4.42. The molecule has 1 amide bonds. The van der Waals surface area contributed by atoms with Gasteiger partial charge in [-0.3, -0.25) is 9.59 Å². The molecule has 1 atom stereocenters. The Labute approximate surface area is 122 Å². The largest absolute Gasteiger partial charge is 0.503 e. The number of carbonyl (C=O) groups is 2. The minimum atomic E-state index is -0.671. The zero-order chi connectivity index (χ0) is 15.7. The van der Waals surface area contributed by atoms with Gasteiger partial charge in [0.1, 0.15) is 11.5 Å². The molecular weight excluding hydrogens is 274 g/mol. The molecular formula is C15H17NO5. The van der Waals surface area contributed by atoms with Gasteiger partial charge in [-0.05, 0) is 19.1 Å². The monoisotopic (exact) mass is 291 g/mol. The lowest BCUT2D eigenvalue weighted by molar-refractivity contribution is -0.128. The van der Waals surface area contributed by atoms with Gasteiger partial charge in [0, 0.05) is 18.7 Å². The Morgan fingerprint density at radius 3 is 2.48 bits per heavy atom. The molecule has 0 radical (unpaired) electrons. The van der Waals surface area contributed by atoms with Gasteiger partial charge in [-0.15, -0.1) is 0 Å². The first-order valence-electron chi connectivity index (χ1n) is 6.35. The van der Waals surface area contributed by atoms with E-state index in [-0.39, 0.29) is 11.4 Å². The number of hydrogen-bond acceptors (Lipinski definition) is 5. The van der Waals surface area contributed by atoms with Gasteiger partial charge >= 0.3 is 0 Å². The Hall–Kier alpha value is -2.50. The van der Waals surface area contributed by atoms with Crippen LogP contribution in [0.2, 0.25) is 0 Å². The first-order valence-corrected chi connectivity index (χ1v) is 6.35. The third kappa shape index (κ3) is 2.33. The number of Topliss-reactive ketones (excluding diaryl/α,β-unsaturated/α-hetero) is 1. The number of carbonyl (C=O) groups excluding carboxylic acids is 2. The molecule has 2 rings (SSSR count). The molecule has 1 heterocycles. The summed E-state index contributed by atoms with van der Waals surface area (Å²) in [4.78, 5) is 25.0. The minimum Gasteiger partial charge on any atom is -0.503 e. The average molecular weight is 291 g/mol. The minimum absolute atomic E-state index is 0.0750. The molecule has 21 heavy (non-hydrogen) atoms. The summed E-state index contributed by atoms with van der Waals surface area (Å²) in [5.41, 5.74) is 0.689. The van der Waals surface area contributed by atoms with Gasteiger partial charge in [0.15, 0.2) is 11.5 Å². The van der Waals surface area contributed by atoms with Crippen molar-refractivity contribution in [3.8, 4) is 11.5 Å². The van der Waals surface area contributed by atoms with Gasteiger partial charge in [-0.1, -0.05) is 0 Å². The summed E-state index contributed by atoms with van der Waals surface area (Å²) in [5, 5.41) is 9.90. The van der Waals surface area contributed by atoms with E-state index in [1.165, 1.54) is 33.1 Å². The summed E-state index contributed by atoms with van der Waals surface area (Å²) in [6.07, 6.45) is 0. The maximum absolute atomic E-state index is 11.9. The number of ether oxygens (including phenoxy) is 2. The van der Waals surface area contributed by atoms with Crippen LogP contribution in [-0.4, -0.2) is 43.0 Å². The van der Waals surface area contributed by atoms with Crippen LogP contribution in [0.25, 0.3) is 0 Å². The molecule has 0 fully saturated rings. The van der Waals surface area contributed by atoms with Crippen LogP contribution in [0.1, 0.15) is 18.5 Å². The second-order valence-corrected chi connectivity index (χ2v) is 4.74. The molecule has 6 nitrogen and oxygen atoms in total. The highest BCUT2D eigenvalue weighted by molar-refractivity contribution is 6.08. The lowest BCUT2D eigenvalue weighted by atomic mass is 9.96. The van der Waals surface area contributed by atoms with Crippen molar-refractivity contribution in [1.82, 2.24) is 4.90 Å². The number of ketones is 1. The van der Waals surface area contributed by atoms with Crippen molar-refractivity contribution in [2.45, 2.75) is 13.0 Å². The first kappa shape index (κ1) is 14.9. The van der Waals surface area contributed by atoms with E-state index in [4.69, 9.17) is 9.47 Å². The molecule has 0 aromatic heterocycles. The van der Waals surface area contributed by atoms with E-state index in [1.54, 1.807) is 18.2 Å². The summed E-state index contributed by atoms with van der Waals surface area (Å²) < 4.78 is 10.4. The summed E-state index contributed by atoms with van der Waals surface area (Å²) in [5.74, 6) is -0.364. The van der Waals surface area contributed by atoms with Crippen molar-refractivity contribution in [1.29, 1.82) is 0 Å². The van der Waals surface area contributed by atoms with E-state index in [0.29, 0.717) is 17.1 Å². The number of rotatable bonds is 4. The Bertz CT molecular complexity index is 635. The molecule has 0 aliphatic carbocycles. The van der Waals surface area contributed by atoms with E-state index in [2.05, 4.69) is 0 Å². The van der Waals surface area contributed by atoms with Crippen LogP contribution in [-0.2, 0) is 9.59 Å². The molecule has 1 aromatic carbocycles. The Balaban J connectivity index is 2.59. The highest BCUT2D eigenvalue weighted by Gasteiger charge is 2.41. The molecule has 0 saturated heterocycles. The van der Waals surface area contributed by atoms with Crippen molar-refractivity contribution >= 4 is 11.7 Å². The Morgan fingerprint density at radius 2 is 1.95 bits per heavy atom. The van der Waals surface area contributed by atoms with Gasteiger partial charge in [-0.2, -0.15) is 0 Å². The molecule has 0 spiro atoms. The van der Waals surface area contributed by atoms with Crippen LogP contribution in [0.4, 0.5) is 0 Å². The van der Waals surface area contributed by atoms with Crippen LogP contribution < -0.4 is 9.47 Å². The predicted octanol–water partition coefficient (Wildman–Crippen LogP) is 1.62. The third-order valence-electron chi connectivity index (χ3n) is 3.55. The fourth-order valence-electron chi connectivity index (χ4n) is 2.49. The molecule has 112 valence electrons. The third-order valence-corrected chi connectivity index (χ3v) is 3.55. The van der Waals surface area contributed by atoms with Crippen LogP contribution in [0, 0.1) is 0 Å². The standard InChI is InChI=1S/C15H17NO5/c1-8(17)12-13(16(2)15(19)14(12)18)10-6-5-9(20-3)7-11(10)21-4/h5-7,13,18H,1-4H3/t13-/m1/s1. The number of aliphatic hydroxyl groups is 1. The summed E-state index contributed by atoms with van der Waals surface area (Å²) >= 11 is 0. The van der Waals surface area contributed by atoms with E-state index in [9.17, 15) is 14.7 Å². The van der Waals surface area contributed by atoms with Crippen molar-refractivity contribution < 1.29 is 24.2 Å². The molecule has 6 heteroatoms. The van der Waals surface area contributed by atoms with Gasteiger partial charge in [0.2, 0.25) is 0 Å². The van der Waals surface area contributed by atoms with Gasteiger partial charge < -0.3 is 19.5 Å². The molecule has 1 N–H and O–H groups in total. The van der Waals surface area contributed by atoms with Crippen LogP contribution in [0.5, 0.6) is 11.5 Å². The highest BCUT2D eigenvalue weighted by atomic mass is 16.5. The highest BCUT2D eigenvalue weighted by Crippen LogP contribution is 2.41. The normalized spacial score (nSPS) is 18.2. The smallest absolute Gasteiger partial charge is 0.289 e.